The summed E-state index contributed by atoms with van der Waals surface area (Å²) in [5, 5.41) is 4.25. The number of nitrogens with one attached hydrogen (secondary N) is 2. The largest absolute Gasteiger partial charge is 0.497 e. The maximum atomic E-state index is 12.2. The number of aromatic nitrogens is 3. The topological polar surface area (TPSA) is 79.9 Å². The Morgan fingerprint density at radius 2 is 2.09 bits per heavy atom. The lowest BCUT2D eigenvalue weighted by molar-refractivity contribution is 0.414. The van der Waals surface area contributed by atoms with Crippen LogP contribution in [0.1, 0.15) is 5.56 Å². The number of methoxy groups -OCH3 is 1. The van der Waals surface area contributed by atoms with Crippen LogP contribution < -0.4 is 15.6 Å². The first-order chi connectivity index (χ1) is 11.1. The number of aryl methyl sites for hydroxylation is 1. The molecule has 0 aliphatic rings. The summed E-state index contributed by atoms with van der Waals surface area (Å²) in [5.41, 5.74) is 2.23. The van der Waals surface area contributed by atoms with Gasteiger partial charge in [0.15, 0.2) is 5.16 Å². The highest BCUT2D eigenvalue weighted by molar-refractivity contribution is 7.98. The smallest absolute Gasteiger partial charge is 0.261 e. The van der Waals surface area contributed by atoms with Crippen LogP contribution in [0.25, 0.3) is 10.9 Å². The normalized spacial score (nSPS) is 10.7. The molecule has 2 aromatic heterocycles. The van der Waals surface area contributed by atoms with Crippen molar-refractivity contribution in [1.82, 2.24) is 15.0 Å². The molecule has 3 aromatic rings. The van der Waals surface area contributed by atoms with Crippen LogP contribution in [0.4, 0.5) is 11.5 Å². The Bertz CT molecular complexity index is 924. The molecule has 0 bridgehead atoms. The third-order valence-corrected chi connectivity index (χ3v) is 3.88. The quantitative estimate of drug-likeness (QED) is 0.566. The van der Waals surface area contributed by atoms with Gasteiger partial charge in [-0.15, -0.1) is 0 Å². The molecule has 1 aromatic carbocycles. The maximum absolute atomic E-state index is 12.2. The Morgan fingerprint density at radius 1 is 1.26 bits per heavy atom. The van der Waals surface area contributed by atoms with Crippen LogP contribution in [0.15, 0.2) is 40.4 Å². The second kappa shape index (κ2) is 6.29. The second-order valence-electron chi connectivity index (χ2n) is 4.99. The van der Waals surface area contributed by atoms with Crippen LogP contribution in [0, 0.1) is 6.92 Å². The minimum absolute atomic E-state index is 0.225. The molecule has 0 saturated carbocycles. The summed E-state index contributed by atoms with van der Waals surface area (Å²) in [6.45, 7) is 1.98. The number of anilines is 2. The van der Waals surface area contributed by atoms with E-state index in [1.807, 2.05) is 31.4 Å². The zero-order chi connectivity index (χ0) is 16.4. The van der Waals surface area contributed by atoms with Gasteiger partial charge in [-0.2, -0.15) is 0 Å². The van der Waals surface area contributed by atoms with Crippen LogP contribution in [-0.2, 0) is 0 Å². The van der Waals surface area contributed by atoms with E-state index >= 15 is 0 Å². The summed E-state index contributed by atoms with van der Waals surface area (Å²) < 4.78 is 5.28. The van der Waals surface area contributed by atoms with Gasteiger partial charge < -0.3 is 15.0 Å². The minimum Gasteiger partial charge on any atom is -0.497 e. The lowest BCUT2D eigenvalue weighted by atomic mass is 10.2. The molecule has 6 nitrogen and oxygen atoms in total. The van der Waals surface area contributed by atoms with Crippen LogP contribution in [0.3, 0.4) is 0 Å². The van der Waals surface area contributed by atoms with Gasteiger partial charge in [0, 0.05) is 18.0 Å². The lowest BCUT2D eigenvalue weighted by Gasteiger charge is -2.11. The van der Waals surface area contributed by atoms with E-state index in [-0.39, 0.29) is 5.56 Å². The molecule has 0 radical (unpaired) electrons. The van der Waals surface area contributed by atoms with E-state index in [1.54, 1.807) is 19.4 Å². The van der Waals surface area contributed by atoms with Crippen molar-refractivity contribution in [3.05, 3.63) is 46.4 Å². The summed E-state index contributed by atoms with van der Waals surface area (Å²) in [5.74, 6) is 1.22. The Hall–Kier alpha value is -2.54. The number of aromatic amines is 1. The summed E-state index contributed by atoms with van der Waals surface area (Å²) in [6.07, 6.45) is 3.48. The Labute approximate surface area is 137 Å². The number of hydrogen-bond acceptors (Lipinski definition) is 6. The van der Waals surface area contributed by atoms with Gasteiger partial charge in [-0.25, -0.2) is 9.97 Å². The van der Waals surface area contributed by atoms with Crippen molar-refractivity contribution in [3.63, 3.8) is 0 Å². The van der Waals surface area contributed by atoms with Gasteiger partial charge in [0.25, 0.3) is 5.56 Å². The van der Waals surface area contributed by atoms with E-state index in [9.17, 15) is 4.79 Å². The number of thioether (sulfide) groups is 1. The second-order valence-corrected chi connectivity index (χ2v) is 5.76. The summed E-state index contributed by atoms with van der Waals surface area (Å²) >= 11 is 1.43. The molecule has 0 fully saturated rings. The highest BCUT2D eigenvalue weighted by atomic mass is 32.2. The molecular weight excluding hydrogens is 312 g/mol. The number of H-pyrrole nitrogens is 1. The van der Waals surface area contributed by atoms with E-state index in [0.29, 0.717) is 21.9 Å². The summed E-state index contributed by atoms with van der Waals surface area (Å²) in [7, 11) is 1.62. The molecule has 0 aliphatic carbocycles. The molecule has 2 heterocycles. The van der Waals surface area contributed by atoms with Gasteiger partial charge in [-0.3, -0.25) is 4.79 Å². The third kappa shape index (κ3) is 3.14. The van der Waals surface area contributed by atoms with E-state index in [2.05, 4.69) is 20.3 Å². The first kappa shape index (κ1) is 15.4. The molecule has 2 N–H and O–H groups in total. The molecule has 3 rings (SSSR count). The van der Waals surface area contributed by atoms with E-state index < -0.39 is 0 Å². The van der Waals surface area contributed by atoms with Crippen LogP contribution in [-0.4, -0.2) is 28.3 Å². The van der Waals surface area contributed by atoms with E-state index in [4.69, 9.17) is 4.74 Å². The summed E-state index contributed by atoms with van der Waals surface area (Å²) in [4.78, 5) is 23.7. The van der Waals surface area contributed by atoms with Crippen molar-refractivity contribution in [3.8, 4) is 5.75 Å². The highest BCUT2D eigenvalue weighted by Gasteiger charge is 2.11. The molecule has 0 saturated heterocycles. The average molecular weight is 328 g/mol. The Balaban J connectivity index is 2.16. The number of pyridine rings is 1. The van der Waals surface area contributed by atoms with E-state index in [1.165, 1.54) is 11.8 Å². The first-order valence-corrected chi connectivity index (χ1v) is 8.19. The van der Waals surface area contributed by atoms with Gasteiger partial charge in [-0.1, -0.05) is 11.8 Å². The number of nitrogens with zero attached hydrogens (tertiary/aromatic N) is 2. The van der Waals surface area contributed by atoms with Crippen molar-refractivity contribution in [2.24, 2.45) is 0 Å². The monoisotopic (exact) mass is 328 g/mol. The van der Waals surface area contributed by atoms with Crippen LogP contribution >= 0.6 is 11.8 Å². The fourth-order valence-corrected chi connectivity index (χ4v) is 2.70. The van der Waals surface area contributed by atoms with Gasteiger partial charge in [0.1, 0.15) is 17.0 Å². The van der Waals surface area contributed by atoms with Gasteiger partial charge in [0.05, 0.1) is 12.6 Å². The predicted molar refractivity (Wildman–Crippen MR) is 93.0 cm³/mol. The molecule has 0 amide bonds. The minimum atomic E-state index is -0.225. The van der Waals surface area contributed by atoms with Crippen molar-refractivity contribution in [2.45, 2.75) is 12.1 Å². The molecule has 0 aliphatic heterocycles. The zero-order valence-electron chi connectivity index (χ0n) is 13.0. The van der Waals surface area contributed by atoms with Crippen molar-refractivity contribution >= 4 is 34.2 Å². The Kier molecular flexibility index (Phi) is 4.20. The number of rotatable bonds is 4. The van der Waals surface area contributed by atoms with Crippen molar-refractivity contribution < 1.29 is 4.74 Å². The lowest BCUT2D eigenvalue weighted by Crippen LogP contribution is -2.10. The standard InChI is InChI=1S/C16H16N4O2S/c1-9-6-10(8-11(7-9)22-2)18-14-13-12(4-5-17-15(13)21)19-16(20-14)23-3/h4-8H,1-3H3,(H,17,21)(H,18,19,20). The van der Waals surface area contributed by atoms with Gasteiger partial charge in [0.2, 0.25) is 0 Å². The van der Waals surface area contributed by atoms with Crippen LogP contribution in [0.5, 0.6) is 5.75 Å². The maximum Gasteiger partial charge on any atom is 0.261 e. The van der Waals surface area contributed by atoms with E-state index in [0.717, 1.165) is 17.0 Å². The van der Waals surface area contributed by atoms with Crippen molar-refractivity contribution in [2.75, 3.05) is 18.7 Å². The summed E-state index contributed by atoms with van der Waals surface area (Å²) in [6, 6.07) is 7.52. The average Bonchev–Trinajstić information content (AvgIpc) is 2.54. The fourth-order valence-electron chi connectivity index (χ4n) is 2.33. The molecule has 0 atom stereocenters. The Morgan fingerprint density at radius 3 is 2.83 bits per heavy atom. The van der Waals surface area contributed by atoms with Crippen molar-refractivity contribution in [1.29, 1.82) is 0 Å². The fraction of sp³-hybridized carbons (Fsp3) is 0.188. The predicted octanol–water partition coefficient (Wildman–Crippen LogP) is 3.10. The number of benzene rings is 1. The number of hydrogen-bond donors (Lipinski definition) is 2. The number of fused-ring (bicyclic) bond motifs is 1. The third-order valence-electron chi connectivity index (χ3n) is 3.33. The van der Waals surface area contributed by atoms with Crippen LogP contribution in [0.2, 0.25) is 0 Å². The highest BCUT2D eigenvalue weighted by Crippen LogP contribution is 2.26. The first-order valence-electron chi connectivity index (χ1n) is 6.97. The molecule has 7 heteroatoms. The van der Waals surface area contributed by atoms with Gasteiger partial charge >= 0.3 is 0 Å². The number of ether oxygens (including phenoxy) is 1. The zero-order valence-corrected chi connectivity index (χ0v) is 13.8. The molecule has 0 unspecified atom stereocenters. The molecule has 118 valence electrons. The van der Waals surface area contributed by atoms with Gasteiger partial charge in [-0.05, 0) is 36.9 Å². The molecular formula is C16H16N4O2S. The molecule has 0 spiro atoms. The molecule has 23 heavy (non-hydrogen) atoms. The SMILES string of the molecule is COc1cc(C)cc(Nc2nc(SC)nc3cc[nH]c(=O)c23)c1.